The van der Waals surface area contributed by atoms with Gasteiger partial charge in [-0.3, -0.25) is 8.98 Å². The van der Waals surface area contributed by atoms with Crippen LogP contribution < -0.4 is 48.9 Å². The highest BCUT2D eigenvalue weighted by Gasteiger charge is 2.47. The van der Waals surface area contributed by atoms with Gasteiger partial charge < -0.3 is 88.5 Å². The van der Waals surface area contributed by atoms with Crippen LogP contribution in [0.5, 0.6) is 46.0 Å². The molecule has 26 heteroatoms. The first-order chi connectivity index (χ1) is 45.3. The highest BCUT2D eigenvalue weighted by Crippen LogP contribution is 2.40. The zero-order valence-electron chi connectivity index (χ0n) is 54.4. The number of hydrogen-bond acceptors (Lipinski definition) is 21. The Balaban J connectivity index is 0.000000213. The lowest BCUT2D eigenvalue weighted by Crippen LogP contribution is -2.55. The molecule has 13 rings (SSSR count). The molecule has 7 aliphatic heterocycles. The van der Waals surface area contributed by atoms with E-state index >= 15 is 8.78 Å². The highest BCUT2D eigenvalue weighted by molar-refractivity contribution is 7.86. The van der Waals surface area contributed by atoms with Crippen molar-refractivity contribution in [1.82, 2.24) is 20.0 Å². The van der Waals surface area contributed by atoms with E-state index < -0.39 is 58.2 Å². The van der Waals surface area contributed by atoms with E-state index in [0.29, 0.717) is 109 Å². The Bertz CT molecular complexity index is 3580. The second kappa shape index (κ2) is 36.2. The summed E-state index contributed by atoms with van der Waals surface area (Å²) < 4.78 is 106. The maximum Gasteiger partial charge on any atom is 0.380 e. The number of carbonyl (C=O) groups excluding carboxylic acids is 1. The van der Waals surface area contributed by atoms with Gasteiger partial charge in [-0.25, -0.2) is 0 Å². The first kappa shape index (κ1) is 81.2. The van der Waals surface area contributed by atoms with Gasteiger partial charge in [0.1, 0.15) is 64.5 Å². The van der Waals surface area contributed by atoms with Gasteiger partial charge in [-0.1, -0.05) is 100 Å². The monoisotopic (exact) mass is 1430 g/mol. The number of aliphatic hydroxyl groups excluding tert-OH is 4. The zero-order valence-corrected chi connectivity index (χ0v) is 55.9. The Kier molecular flexibility index (Phi) is 29.7. The molecule has 1 amide bonds. The molecule has 7 N–H and O–H groups in total. The largest absolute Gasteiger partial charge is 0.486 e. The van der Waals surface area contributed by atoms with Crippen LogP contribution in [0, 0.1) is 29.6 Å². The molecular weight excluding hydrogens is 1320 g/mol. The average Bonchev–Trinajstić information content (AvgIpc) is 1.73. The number of hydrogen-bond donors (Lipinski definition) is 6. The summed E-state index contributed by atoms with van der Waals surface area (Å²) in [5, 5.41) is 45.3. The van der Waals surface area contributed by atoms with Gasteiger partial charge in [0.05, 0.1) is 37.2 Å². The van der Waals surface area contributed by atoms with Crippen molar-refractivity contribution in [2.24, 2.45) is 35.3 Å². The normalized spacial score (nSPS) is 18.9. The Morgan fingerprint density at radius 2 is 0.909 bits per heavy atom. The summed E-state index contributed by atoms with van der Waals surface area (Å²) in [5.74, 6) is 0.720. The minimum atomic E-state index is -3.96. The molecule has 0 saturated carbocycles. The standard InChI is InChI=1S/C25H25ClF2N2O5.C16H23NO3.C15H22N2O3.C13H18O6S.4CH4/c1-14-11-30(12-14)13-18(23(31)15-2-4-20-21(9-15)34-7-6-33-20)29-24(32)25(27,28)22-10-16-8-17(26)3-5-19(16)35-22;1-11-8-17(9-11)10-12(2)16(18)13-3-4-14-15(7-13)20-6-5-19-14;1-10-7-17(8-10)9-12(16)15(18)11-2-3-13-14(6-11)20-5-4-19-13;1-9(8-19-20(2,15)16)13(14)10-3-4-11-12(7-10)18-6-5-17-11;;;;/h2-5,8-10,14,18,23,31H,6-7,11-13H2,1H3,(H,29,32);3-4,7,11-12,16,18H,5-6,8-10H2,1-2H3;2-3,6,10,12,15,18H,4-5,7-9,16H2,1H3;3-4,7,9,13-14H,5-6,8H2,1-2H3;4*1H4/t18-,23-;12-,16+;12-,15-;9-,13+;;;;/m1111..../s1. The van der Waals surface area contributed by atoms with Gasteiger partial charge in [0.25, 0.3) is 16.0 Å². The summed E-state index contributed by atoms with van der Waals surface area (Å²) in [5.41, 5.74) is 9.07. The number of amides is 1. The molecule has 1 aromatic heterocycles. The Labute approximate surface area is 587 Å². The molecule has 0 unspecified atom stereocenters. The maximum atomic E-state index is 15.2. The van der Waals surface area contributed by atoms with Crippen LogP contribution in [0.3, 0.4) is 0 Å². The van der Waals surface area contributed by atoms with Crippen LogP contribution in [0.15, 0.2) is 101 Å². The lowest BCUT2D eigenvalue weighted by molar-refractivity contribution is -0.151. The summed E-state index contributed by atoms with van der Waals surface area (Å²) >= 11 is 5.93. The lowest BCUT2D eigenvalue weighted by Gasteiger charge is -2.40. The molecule has 7 aliphatic rings. The molecule has 0 radical (unpaired) electrons. The number of likely N-dealkylation sites (tertiary alicyclic amines) is 3. The van der Waals surface area contributed by atoms with E-state index in [0.717, 1.165) is 105 Å². The van der Waals surface area contributed by atoms with E-state index in [-0.39, 0.29) is 66.3 Å². The number of ether oxygens (including phenoxy) is 8. The summed E-state index contributed by atoms with van der Waals surface area (Å²) in [6.45, 7) is 22.2. The molecule has 0 bridgehead atoms. The van der Waals surface area contributed by atoms with Gasteiger partial charge in [-0.05, 0) is 119 Å². The number of furan rings is 1. The fraction of sp³-hybridized carbons (Fsp3) is 0.548. The van der Waals surface area contributed by atoms with E-state index in [2.05, 4.69) is 42.8 Å². The Morgan fingerprint density at radius 1 is 0.545 bits per heavy atom. The third-order valence-corrected chi connectivity index (χ3v) is 18.1. The Hall–Kier alpha value is -6.75. The molecular formula is C73H104ClF2N5O17S. The molecule has 8 heterocycles. The van der Waals surface area contributed by atoms with Gasteiger partial charge in [-0.2, -0.15) is 17.2 Å². The SMILES string of the molecule is C.C.C.C.CC1CN(C[C@@H](C)[C@H](O)c2ccc3c(c2)OCCO3)C1.CC1CN(C[C@@H](N)[C@H](O)c2ccc3c(c2)OCCO3)C1.CC1CN(C[C@@H](NC(=O)C(F)(F)c2cc3cc(Cl)ccc3o2)[C@H](O)c2ccc3c(c2)OCCO3)C1.C[C@H](COS(C)(=O)=O)[C@H](O)c1ccc2c(c1)OCCO2. The predicted octanol–water partition coefficient (Wildman–Crippen LogP) is 10.6. The maximum absolute atomic E-state index is 15.2. The molecule has 0 spiro atoms. The number of carbonyl (C=O) groups is 1. The van der Waals surface area contributed by atoms with Crippen molar-refractivity contribution in [3.63, 3.8) is 0 Å². The van der Waals surface area contributed by atoms with Crippen molar-refractivity contribution in [1.29, 1.82) is 0 Å². The van der Waals surface area contributed by atoms with Crippen molar-refractivity contribution >= 4 is 38.6 Å². The van der Waals surface area contributed by atoms with E-state index in [9.17, 15) is 33.6 Å². The topological polar surface area (TPSA) is 276 Å². The summed E-state index contributed by atoms with van der Waals surface area (Å²) in [7, 11) is -3.51. The van der Waals surface area contributed by atoms with Gasteiger partial charge in [0, 0.05) is 81.3 Å². The predicted molar refractivity (Wildman–Crippen MR) is 377 cm³/mol. The Morgan fingerprint density at radius 3 is 1.31 bits per heavy atom. The first-order valence-electron chi connectivity index (χ1n) is 32.3. The minimum absolute atomic E-state index is 0. The molecule has 8 atom stereocenters. The summed E-state index contributed by atoms with van der Waals surface area (Å²) in [6.07, 6.45) is -2.25. The van der Waals surface area contributed by atoms with Crippen LogP contribution in [-0.2, 0) is 25.0 Å². The number of nitrogens with one attached hydrogen (secondary N) is 1. The third-order valence-electron chi connectivity index (χ3n) is 17.3. The van der Waals surface area contributed by atoms with Crippen molar-refractivity contribution in [2.45, 2.75) is 107 Å². The zero-order chi connectivity index (χ0) is 67.7. The van der Waals surface area contributed by atoms with Crippen LogP contribution >= 0.6 is 11.6 Å². The molecule has 99 heavy (non-hydrogen) atoms. The molecule has 550 valence electrons. The summed E-state index contributed by atoms with van der Waals surface area (Å²) in [4.78, 5) is 19.5. The van der Waals surface area contributed by atoms with E-state index in [1.165, 1.54) is 18.2 Å². The lowest BCUT2D eigenvalue weighted by atomic mass is 9.93. The first-order valence-corrected chi connectivity index (χ1v) is 34.5. The number of halogens is 3. The number of alkyl halides is 2. The molecule has 0 aliphatic carbocycles. The van der Waals surface area contributed by atoms with Crippen LogP contribution in [0.25, 0.3) is 11.0 Å². The quantitative estimate of drug-likeness (QED) is 0.0388. The van der Waals surface area contributed by atoms with Gasteiger partial charge >= 0.3 is 5.92 Å². The van der Waals surface area contributed by atoms with Crippen molar-refractivity contribution in [2.75, 3.05) is 125 Å². The third kappa shape index (κ3) is 21.4. The fourth-order valence-corrected chi connectivity index (χ4v) is 13.0. The van der Waals surface area contributed by atoms with Gasteiger partial charge in [-0.15, -0.1) is 0 Å². The van der Waals surface area contributed by atoms with Crippen molar-refractivity contribution in [3.05, 3.63) is 130 Å². The molecule has 5 aromatic carbocycles. The number of aliphatic hydroxyl groups is 4. The fourth-order valence-electron chi connectivity index (χ4n) is 12.3. The summed E-state index contributed by atoms with van der Waals surface area (Å²) in [6, 6.07) is 25.6. The number of fused-ring (bicyclic) bond motifs is 5. The van der Waals surface area contributed by atoms with Crippen LogP contribution in [0.1, 0.15) is 117 Å². The average molecular weight is 1430 g/mol. The number of nitrogens with zero attached hydrogens (tertiary/aromatic N) is 3. The second-order valence-corrected chi connectivity index (χ2v) is 28.0. The van der Waals surface area contributed by atoms with Gasteiger partial charge in [0.15, 0.2) is 51.8 Å². The van der Waals surface area contributed by atoms with E-state index in [1.807, 2.05) is 41.3 Å². The minimum Gasteiger partial charge on any atom is -0.486 e. The number of benzene rings is 5. The van der Waals surface area contributed by atoms with E-state index in [4.69, 9.17) is 63.8 Å². The highest BCUT2D eigenvalue weighted by atomic mass is 35.5. The van der Waals surface area contributed by atoms with Gasteiger partial charge in [0.2, 0.25) is 0 Å². The molecule has 3 saturated heterocycles. The van der Waals surface area contributed by atoms with Crippen molar-refractivity contribution < 1.29 is 88.9 Å². The number of nitrogens with two attached hydrogens (primary N) is 1. The molecule has 6 aromatic rings. The smallest absolute Gasteiger partial charge is 0.380 e. The van der Waals surface area contributed by atoms with Crippen LogP contribution in [0.2, 0.25) is 5.02 Å². The van der Waals surface area contributed by atoms with Crippen LogP contribution in [-0.4, -0.2) is 186 Å². The molecule has 3 fully saturated rings. The molecule has 22 nitrogen and oxygen atoms in total. The van der Waals surface area contributed by atoms with Crippen molar-refractivity contribution in [3.8, 4) is 46.0 Å². The van der Waals surface area contributed by atoms with E-state index in [1.54, 1.807) is 43.3 Å². The number of rotatable bonds is 20. The van der Waals surface area contributed by atoms with Crippen LogP contribution in [0.4, 0.5) is 8.78 Å². The second-order valence-electron chi connectivity index (χ2n) is 25.9.